The summed E-state index contributed by atoms with van der Waals surface area (Å²) < 4.78 is 5.79. The average Bonchev–Trinajstić information content (AvgIpc) is 2.62. The molecule has 29 heavy (non-hydrogen) atoms. The van der Waals surface area contributed by atoms with E-state index in [0.717, 1.165) is 12.8 Å². The van der Waals surface area contributed by atoms with E-state index in [4.69, 9.17) is 9.84 Å². The number of rotatable bonds is 19. The van der Waals surface area contributed by atoms with E-state index in [-0.39, 0.29) is 19.3 Å². The molecule has 0 spiro atoms. The van der Waals surface area contributed by atoms with Crippen molar-refractivity contribution in [3.8, 4) is 0 Å². The number of quaternary nitrogens is 1. The third-order valence-electron chi connectivity index (χ3n) is 5.28. The number of carboxylic acids is 1. The second-order valence-electron chi connectivity index (χ2n) is 9.18. The van der Waals surface area contributed by atoms with Crippen molar-refractivity contribution in [1.82, 2.24) is 0 Å². The number of carbonyl (C=O) groups is 2. The SMILES string of the molecule is CCCCCCCCCCCCCC(O)CC(=O)O[C@@H](CCC(=O)O)[N+](C)(C)C. The first-order valence-corrected chi connectivity index (χ1v) is 11.6. The average molecular weight is 417 g/mol. The largest absolute Gasteiger partial charge is 0.481 e. The van der Waals surface area contributed by atoms with Gasteiger partial charge in [0.05, 0.1) is 40.1 Å². The molecule has 0 radical (unpaired) electrons. The summed E-state index contributed by atoms with van der Waals surface area (Å²) in [6.07, 6.45) is 13.4. The Balaban J connectivity index is 3.83. The molecule has 0 amide bonds. The van der Waals surface area contributed by atoms with Crippen LogP contribution in [0.25, 0.3) is 0 Å². The fraction of sp³-hybridized carbons (Fsp3) is 0.913. The Labute approximate surface area is 178 Å². The Morgan fingerprint density at radius 1 is 0.828 bits per heavy atom. The van der Waals surface area contributed by atoms with Crippen molar-refractivity contribution >= 4 is 11.9 Å². The van der Waals surface area contributed by atoms with Gasteiger partial charge in [-0.15, -0.1) is 0 Å². The minimum Gasteiger partial charge on any atom is -0.481 e. The molecule has 172 valence electrons. The van der Waals surface area contributed by atoms with Crippen LogP contribution in [-0.2, 0) is 14.3 Å². The lowest BCUT2D eigenvalue weighted by Crippen LogP contribution is -2.48. The van der Waals surface area contributed by atoms with E-state index in [0.29, 0.717) is 10.9 Å². The molecular weight excluding hydrogens is 370 g/mol. The van der Waals surface area contributed by atoms with E-state index in [9.17, 15) is 14.7 Å². The number of hydrogen-bond donors (Lipinski definition) is 2. The maximum atomic E-state index is 12.1. The summed E-state index contributed by atoms with van der Waals surface area (Å²) in [6.45, 7) is 2.24. The summed E-state index contributed by atoms with van der Waals surface area (Å²) in [7, 11) is 5.59. The van der Waals surface area contributed by atoms with Gasteiger partial charge in [-0.3, -0.25) is 14.1 Å². The van der Waals surface area contributed by atoms with Crippen LogP contribution in [0.15, 0.2) is 0 Å². The number of hydrogen-bond acceptors (Lipinski definition) is 4. The van der Waals surface area contributed by atoms with E-state index in [1.165, 1.54) is 57.8 Å². The molecule has 0 aromatic heterocycles. The maximum absolute atomic E-state index is 12.1. The van der Waals surface area contributed by atoms with Crippen molar-refractivity contribution in [3.05, 3.63) is 0 Å². The number of aliphatic carboxylic acids is 1. The zero-order valence-corrected chi connectivity index (χ0v) is 19.3. The van der Waals surface area contributed by atoms with Crippen LogP contribution in [0, 0.1) is 0 Å². The first kappa shape index (κ1) is 27.9. The van der Waals surface area contributed by atoms with E-state index >= 15 is 0 Å². The highest BCUT2D eigenvalue weighted by Gasteiger charge is 2.29. The van der Waals surface area contributed by atoms with Crippen molar-refractivity contribution in [2.24, 2.45) is 0 Å². The number of carbonyl (C=O) groups excluding carboxylic acids is 1. The van der Waals surface area contributed by atoms with Gasteiger partial charge in [-0.25, -0.2) is 0 Å². The number of nitrogens with zero attached hydrogens (tertiary/aromatic N) is 1. The molecule has 2 N–H and O–H groups in total. The molecule has 0 aromatic rings. The quantitative estimate of drug-likeness (QED) is 0.136. The monoisotopic (exact) mass is 416 g/mol. The Morgan fingerprint density at radius 3 is 1.76 bits per heavy atom. The van der Waals surface area contributed by atoms with Gasteiger partial charge in [0.2, 0.25) is 6.23 Å². The van der Waals surface area contributed by atoms with Crippen LogP contribution < -0.4 is 0 Å². The van der Waals surface area contributed by atoms with Gasteiger partial charge in [0.15, 0.2) is 0 Å². The highest BCUT2D eigenvalue weighted by Crippen LogP contribution is 2.16. The van der Waals surface area contributed by atoms with Gasteiger partial charge in [0.25, 0.3) is 0 Å². The molecule has 0 rings (SSSR count). The van der Waals surface area contributed by atoms with Gasteiger partial charge in [-0.1, -0.05) is 77.6 Å². The summed E-state index contributed by atoms with van der Waals surface area (Å²) in [5.74, 6) is -1.36. The molecule has 0 aliphatic carbocycles. The Kier molecular flexibility index (Phi) is 16.0. The van der Waals surface area contributed by atoms with Gasteiger partial charge >= 0.3 is 11.9 Å². The van der Waals surface area contributed by atoms with Crippen molar-refractivity contribution in [1.29, 1.82) is 0 Å². The normalized spacial score (nSPS) is 13.8. The van der Waals surface area contributed by atoms with Gasteiger partial charge in [0, 0.05) is 6.42 Å². The Bertz CT molecular complexity index is 433. The molecule has 6 heteroatoms. The second-order valence-corrected chi connectivity index (χ2v) is 9.18. The Hall–Kier alpha value is -1.14. The number of carboxylic acid groups (broad SMARTS) is 1. The third kappa shape index (κ3) is 17.4. The zero-order valence-electron chi connectivity index (χ0n) is 19.3. The third-order valence-corrected chi connectivity index (χ3v) is 5.28. The topological polar surface area (TPSA) is 83.8 Å². The van der Waals surface area contributed by atoms with E-state index in [2.05, 4.69) is 6.92 Å². The van der Waals surface area contributed by atoms with Gasteiger partial charge in [-0.2, -0.15) is 0 Å². The molecule has 0 aromatic carbocycles. The van der Waals surface area contributed by atoms with Crippen molar-refractivity contribution in [3.63, 3.8) is 0 Å². The van der Waals surface area contributed by atoms with Crippen molar-refractivity contribution < 1.29 is 29.0 Å². The first-order chi connectivity index (χ1) is 13.7. The molecule has 0 aliphatic heterocycles. The fourth-order valence-corrected chi connectivity index (χ4v) is 3.39. The summed E-state index contributed by atoms with van der Waals surface area (Å²) >= 11 is 0. The standard InChI is InChI=1S/C23H45NO5/c1-5-6-7-8-9-10-11-12-13-14-15-16-20(25)19-23(28)29-21(24(2,3)4)17-18-22(26)27/h20-21,25H,5-19H2,1-4H3/p+1/t20?,21-/m0/s1. The summed E-state index contributed by atoms with van der Waals surface area (Å²) in [6, 6.07) is 0. The molecule has 1 unspecified atom stereocenters. The lowest BCUT2D eigenvalue weighted by atomic mass is 10.0. The highest BCUT2D eigenvalue weighted by atomic mass is 16.6. The minimum absolute atomic E-state index is 0.0265. The van der Waals surface area contributed by atoms with Crippen LogP contribution in [0.3, 0.4) is 0 Å². The predicted molar refractivity (Wildman–Crippen MR) is 116 cm³/mol. The smallest absolute Gasteiger partial charge is 0.312 e. The fourth-order valence-electron chi connectivity index (χ4n) is 3.39. The van der Waals surface area contributed by atoms with Crippen LogP contribution in [0.4, 0.5) is 0 Å². The number of aliphatic hydroxyl groups is 1. The molecule has 0 aliphatic rings. The van der Waals surface area contributed by atoms with Crippen LogP contribution in [-0.4, -0.2) is 60.1 Å². The van der Waals surface area contributed by atoms with Crippen molar-refractivity contribution in [2.45, 2.75) is 116 Å². The Morgan fingerprint density at radius 2 is 1.31 bits per heavy atom. The predicted octanol–water partition coefficient (Wildman–Crippen LogP) is 4.88. The molecule has 6 nitrogen and oxygen atoms in total. The van der Waals surface area contributed by atoms with Gasteiger partial charge in [-0.05, 0) is 6.42 Å². The lowest BCUT2D eigenvalue weighted by molar-refractivity contribution is -0.917. The van der Waals surface area contributed by atoms with Crippen LogP contribution >= 0.6 is 0 Å². The number of aliphatic hydroxyl groups excluding tert-OH is 1. The van der Waals surface area contributed by atoms with E-state index in [1.807, 2.05) is 21.1 Å². The molecule has 2 atom stereocenters. The molecule has 0 saturated heterocycles. The first-order valence-electron chi connectivity index (χ1n) is 11.6. The maximum Gasteiger partial charge on any atom is 0.312 e. The van der Waals surface area contributed by atoms with Crippen LogP contribution in [0.5, 0.6) is 0 Å². The van der Waals surface area contributed by atoms with Crippen LogP contribution in [0.1, 0.15) is 103 Å². The molecule has 0 bridgehead atoms. The van der Waals surface area contributed by atoms with Crippen LogP contribution in [0.2, 0.25) is 0 Å². The summed E-state index contributed by atoms with van der Waals surface area (Å²) in [4.78, 5) is 22.9. The van der Waals surface area contributed by atoms with Crippen molar-refractivity contribution in [2.75, 3.05) is 21.1 Å². The van der Waals surface area contributed by atoms with Gasteiger partial charge in [0.1, 0.15) is 0 Å². The molecular formula is C23H46NO5+. The van der Waals surface area contributed by atoms with E-state index < -0.39 is 24.3 Å². The summed E-state index contributed by atoms with van der Waals surface area (Å²) in [5.41, 5.74) is 0. The number of esters is 1. The second kappa shape index (κ2) is 16.6. The van der Waals surface area contributed by atoms with Gasteiger partial charge < -0.3 is 14.9 Å². The summed E-state index contributed by atoms with van der Waals surface area (Å²) in [5, 5.41) is 18.9. The number of ether oxygens (including phenoxy) is 1. The molecule has 0 heterocycles. The molecule has 0 fully saturated rings. The van der Waals surface area contributed by atoms with E-state index in [1.54, 1.807) is 0 Å². The lowest BCUT2D eigenvalue weighted by Gasteiger charge is -2.33. The minimum atomic E-state index is -0.906. The number of unbranched alkanes of at least 4 members (excludes halogenated alkanes) is 10. The highest BCUT2D eigenvalue weighted by molar-refractivity contribution is 5.70. The molecule has 0 saturated carbocycles. The zero-order chi connectivity index (χ0) is 22.1.